The molecule has 1 saturated heterocycles. The van der Waals surface area contributed by atoms with E-state index in [-0.39, 0.29) is 5.92 Å². The van der Waals surface area contributed by atoms with Crippen LogP contribution in [0, 0.1) is 11.8 Å². The normalized spacial score (nSPS) is 20.5. The molecule has 1 aromatic heterocycles. The Bertz CT molecular complexity index is 1300. The van der Waals surface area contributed by atoms with Gasteiger partial charge in [-0.3, -0.25) is 0 Å². The van der Waals surface area contributed by atoms with Crippen LogP contribution in [-0.4, -0.2) is 23.1 Å². The van der Waals surface area contributed by atoms with E-state index < -0.39 is 12.0 Å². The van der Waals surface area contributed by atoms with Crippen LogP contribution >= 0.6 is 11.8 Å². The van der Waals surface area contributed by atoms with Gasteiger partial charge in [-0.2, -0.15) is 13.2 Å². The summed E-state index contributed by atoms with van der Waals surface area (Å²) in [6, 6.07) is 7.03. The van der Waals surface area contributed by atoms with Gasteiger partial charge in [0.2, 0.25) is 5.82 Å². The number of nitrogens with one attached hydrogen (secondary N) is 1. The number of benzene rings is 1. The number of rotatable bonds is 12. The molecule has 2 aliphatic rings. The van der Waals surface area contributed by atoms with Crippen molar-refractivity contribution in [2.24, 2.45) is 11.8 Å². The van der Waals surface area contributed by atoms with E-state index in [1.165, 1.54) is 71.0 Å². The molecule has 0 radical (unpaired) electrons. The van der Waals surface area contributed by atoms with Crippen molar-refractivity contribution in [2.75, 3.05) is 13.1 Å². The van der Waals surface area contributed by atoms with Gasteiger partial charge in [0.15, 0.2) is 0 Å². The van der Waals surface area contributed by atoms with Crippen molar-refractivity contribution < 1.29 is 13.2 Å². The molecule has 7 heteroatoms. The molecule has 0 amide bonds. The first kappa shape index (κ1) is 34.2. The zero-order valence-corrected chi connectivity index (χ0v) is 27.2. The van der Waals surface area contributed by atoms with Crippen LogP contribution in [0.2, 0.25) is 0 Å². The average molecular weight is 624 g/mol. The average Bonchev–Trinajstić information content (AvgIpc) is 3.19. The lowest BCUT2D eigenvalue weighted by atomic mass is 9.89. The quantitative estimate of drug-likeness (QED) is 0.239. The minimum absolute atomic E-state index is 0.113. The number of thioether (sulfide) groups is 1. The Morgan fingerprint density at radius 3 is 2.68 bits per heavy atom. The van der Waals surface area contributed by atoms with Gasteiger partial charge in [-0.15, -0.1) is 6.58 Å². The number of hydrogen-bond acceptors (Lipinski definition) is 4. The van der Waals surface area contributed by atoms with Gasteiger partial charge < -0.3 is 5.32 Å². The SMILES string of the molecule is C=C[C@H](CCCC(=C)c1cc(CC[C@@H]2CCCCCNC2)cc(C2=CCC(C)C=C(CC)S2)c1)c1cnc(C(F)(F)F)nc1. The second-order valence-corrected chi connectivity index (χ2v) is 13.6. The van der Waals surface area contributed by atoms with Crippen molar-refractivity contribution >= 4 is 22.2 Å². The molecule has 3 atom stereocenters. The molecule has 4 rings (SSSR count). The molecule has 238 valence electrons. The van der Waals surface area contributed by atoms with Crippen molar-refractivity contribution in [3.8, 4) is 0 Å². The molecule has 0 saturated carbocycles. The Labute approximate surface area is 266 Å². The summed E-state index contributed by atoms with van der Waals surface area (Å²) in [7, 11) is 0. The molecule has 0 aliphatic carbocycles. The molecule has 2 aliphatic heterocycles. The molecule has 2 aromatic rings. The predicted molar refractivity (Wildman–Crippen MR) is 180 cm³/mol. The van der Waals surface area contributed by atoms with Crippen molar-refractivity contribution in [1.82, 2.24) is 15.3 Å². The van der Waals surface area contributed by atoms with Crippen LogP contribution in [0.15, 0.2) is 66.9 Å². The standard InChI is InChI=1S/C37H48F3N3S/c1-5-30(33-24-42-36(43-25-33)37(38,39)40)13-10-11-27(4)31-20-29(16-15-28-12-8-7-9-18-41-23-28)21-32(22-31)35-17-14-26(3)19-34(6-2)44-35/h5,17,19-22,24-26,28,30,41H,1,4,6-16,18,23H2,2-3H3/t26?,28-,30+/m0/s1. The lowest BCUT2D eigenvalue weighted by Crippen LogP contribution is -2.26. The number of aromatic nitrogens is 2. The molecule has 44 heavy (non-hydrogen) atoms. The van der Waals surface area contributed by atoms with Crippen LogP contribution < -0.4 is 5.32 Å². The Morgan fingerprint density at radius 1 is 1.16 bits per heavy atom. The van der Waals surface area contributed by atoms with Gasteiger partial charge in [-0.1, -0.05) is 75.4 Å². The maximum Gasteiger partial charge on any atom is 0.451 e. The summed E-state index contributed by atoms with van der Waals surface area (Å²) in [5, 5.41) is 3.65. The van der Waals surface area contributed by atoms with Gasteiger partial charge in [0.25, 0.3) is 0 Å². The second kappa shape index (κ2) is 16.6. The van der Waals surface area contributed by atoms with Crippen LogP contribution in [0.1, 0.15) is 112 Å². The summed E-state index contributed by atoms with van der Waals surface area (Å²) in [6.45, 7) is 15.2. The van der Waals surface area contributed by atoms with Crippen LogP contribution in [0.4, 0.5) is 13.2 Å². The van der Waals surface area contributed by atoms with Crippen LogP contribution in [0.25, 0.3) is 10.5 Å². The number of nitrogens with zero attached hydrogens (tertiary/aromatic N) is 2. The fourth-order valence-corrected chi connectivity index (χ4v) is 7.25. The summed E-state index contributed by atoms with van der Waals surface area (Å²) < 4.78 is 38.7. The molecule has 0 spiro atoms. The molecule has 1 aromatic carbocycles. The summed E-state index contributed by atoms with van der Waals surface area (Å²) in [4.78, 5) is 9.84. The Hall–Kier alpha value is -2.64. The Balaban J connectivity index is 1.48. The topological polar surface area (TPSA) is 37.8 Å². The molecule has 1 fully saturated rings. The first-order valence-corrected chi connectivity index (χ1v) is 17.1. The van der Waals surface area contributed by atoms with E-state index in [0.717, 1.165) is 57.2 Å². The number of alkyl halides is 3. The highest BCUT2D eigenvalue weighted by molar-refractivity contribution is 8.11. The molecule has 1 N–H and O–H groups in total. The molecule has 0 bridgehead atoms. The minimum atomic E-state index is -4.54. The monoisotopic (exact) mass is 623 g/mol. The maximum absolute atomic E-state index is 12.9. The van der Waals surface area contributed by atoms with Crippen LogP contribution in [-0.2, 0) is 12.6 Å². The molecule has 3 heterocycles. The Kier molecular flexibility index (Phi) is 12.9. The van der Waals surface area contributed by atoms with Gasteiger partial charge in [-0.05, 0) is 122 Å². The van der Waals surface area contributed by atoms with Gasteiger partial charge in [0.05, 0.1) is 0 Å². The van der Waals surface area contributed by atoms with E-state index in [4.69, 9.17) is 0 Å². The lowest BCUT2D eigenvalue weighted by Gasteiger charge is -2.21. The van der Waals surface area contributed by atoms with Crippen molar-refractivity contribution in [3.05, 3.63) is 95.0 Å². The zero-order valence-electron chi connectivity index (χ0n) is 26.4. The van der Waals surface area contributed by atoms with Crippen LogP contribution in [0.5, 0.6) is 0 Å². The van der Waals surface area contributed by atoms with Crippen molar-refractivity contribution in [1.29, 1.82) is 0 Å². The van der Waals surface area contributed by atoms with E-state index in [9.17, 15) is 13.2 Å². The summed E-state index contributed by atoms with van der Waals surface area (Å²) in [5.41, 5.74) is 5.57. The summed E-state index contributed by atoms with van der Waals surface area (Å²) in [6.07, 6.45) is 16.5. The minimum Gasteiger partial charge on any atom is -0.316 e. The van der Waals surface area contributed by atoms with Gasteiger partial charge >= 0.3 is 6.18 Å². The van der Waals surface area contributed by atoms with Gasteiger partial charge in [-0.25, -0.2) is 9.97 Å². The zero-order chi connectivity index (χ0) is 31.5. The first-order valence-electron chi connectivity index (χ1n) is 16.3. The third kappa shape index (κ3) is 10.2. The van der Waals surface area contributed by atoms with E-state index in [1.807, 2.05) is 11.8 Å². The molecular formula is C37H48F3N3S. The van der Waals surface area contributed by atoms with Crippen molar-refractivity contribution in [3.63, 3.8) is 0 Å². The lowest BCUT2D eigenvalue weighted by molar-refractivity contribution is -0.145. The second-order valence-electron chi connectivity index (χ2n) is 12.4. The number of hydrogen-bond donors (Lipinski definition) is 1. The fraction of sp³-hybridized carbons (Fsp3) is 0.514. The number of aryl methyl sites for hydroxylation is 1. The molecule has 1 unspecified atom stereocenters. The van der Waals surface area contributed by atoms with E-state index in [2.05, 4.69) is 72.6 Å². The third-order valence-electron chi connectivity index (χ3n) is 8.79. The largest absolute Gasteiger partial charge is 0.451 e. The predicted octanol–water partition coefficient (Wildman–Crippen LogP) is 10.8. The highest BCUT2D eigenvalue weighted by Crippen LogP contribution is 2.41. The fourth-order valence-electron chi connectivity index (χ4n) is 6.11. The van der Waals surface area contributed by atoms with Gasteiger partial charge in [0.1, 0.15) is 0 Å². The number of allylic oxidation sites excluding steroid dienone is 5. The van der Waals surface area contributed by atoms with E-state index >= 15 is 0 Å². The maximum atomic E-state index is 12.9. The summed E-state index contributed by atoms with van der Waals surface area (Å²) >= 11 is 1.90. The highest BCUT2D eigenvalue weighted by atomic mass is 32.2. The van der Waals surface area contributed by atoms with Crippen LogP contribution in [0.3, 0.4) is 0 Å². The smallest absolute Gasteiger partial charge is 0.316 e. The van der Waals surface area contributed by atoms with Gasteiger partial charge in [0, 0.05) is 23.2 Å². The van der Waals surface area contributed by atoms with E-state index in [1.54, 1.807) is 6.08 Å². The number of halogens is 3. The summed E-state index contributed by atoms with van der Waals surface area (Å²) in [5.74, 6) is 0.0138. The highest BCUT2D eigenvalue weighted by Gasteiger charge is 2.34. The Morgan fingerprint density at radius 2 is 1.95 bits per heavy atom. The van der Waals surface area contributed by atoms with Crippen molar-refractivity contribution in [2.45, 2.75) is 96.6 Å². The third-order valence-corrected chi connectivity index (χ3v) is 10.1. The molecular weight excluding hydrogens is 575 g/mol. The first-order chi connectivity index (χ1) is 21.2. The molecule has 3 nitrogen and oxygen atoms in total. The van der Waals surface area contributed by atoms with E-state index in [0.29, 0.717) is 17.4 Å².